The molecule has 0 spiro atoms. The van der Waals surface area contributed by atoms with E-state index in [2.05, 4.69) is 5.48 Å². The Morgan fingerprint density at radius 3 is 2.73 bits per heavy atom. The number of aliphatic hydroxyl groups is 1. The minimum Gasteiger partial charge on any atom is -0.491 e. The monoisotopic (exact) mass is 211 g/mol. The highest BCUT2D eigenvalue weighted by atomic mass is 16.6. The summed E-state index contributed by atoms with van der Waals surface area (Å²) in [5.41, 5.74) is 2.64. The summed E-state index contributed by atoms with van der Waals surface area (Å²) in [5.74, 6) is 0.757. The van der Waals surface area contributed by atoms with Crippen LogP contribution in [0.25, 0.3) is 0 Å². The number of hydrogen-bond donors (Lipinski definition) is 2. The summed E-state index contributed by atoms with van der Waals surface area (Å²) in [6, 6.07) is 9.39. The van der Waals surface area contributed by atoms with Crippen LogP contribution in [0, 0.1) is 0 Å². The topological polar surface area (TPSA) is 50.7 Å². The first-order valence-corrected chi connectivity index (χ1v) is 5.03. The van der Waals surface area contributed by atoms with Gasteiger partial charge in [-0.05, 0) is 19.1 Å². The first-order valence-electron chi connectivity index (χ1n) is 5.03. The van der Waals surface area contributed by atoms with Crippen molar-refractivity contribution < 1.29 is 14.7 Å². The molecule has 0 amide bonds. The number of rotatable bonds is 7. The van der Waals surface area contributed by atoms with E-state index in [1.807, 2.05) is 37.3 Å². The average Bonchev–Trinajstić information content (AvgIpc) is 2.28. The van der Waals surface area contributed by atoms with Gasteiger partial charge >= 0.3 is 0 Å². The summed E-state index contributed by atoms with van der Waals surface area (Å²) in [6.07, 6.45) is -0.572. The Labute approximate surface area is 89.8 Å². The summed E-state index contributed by atoms with van der Waals surface area (Å²) in [5, 5.41) is 9.47. The van der Waals surface area contributed by atoms with Crippen molar-refractivity contribution in [1.82, 2.24) is 5.48 Å². The number of nitrogens with one attached hydrogen (secondary N) is 1. The second-order valence-corrected chi connectivity index (χ2v) is 3.06. The van der Waals surface area contributed by atoms with Gasteiger partial charge in [-0.2, -0.15) is 5.48 Å². The molecule has 0 heterocycles. The highest BCUT2D eigenvalue weighted by molar-refractivity contribution is 5.20. The lowest BCUT2D eigenvalue weighted by atomic mass is 10.3. The van der Waals surface area contributed by atoms with Gasteiger partial charge in [-0.25, -0.2) is 0 Å². The Bertz CT molecular complexity index is 253. The van der Waals surface area contributed by atoms with Crippen molar-refractivity contribution >= 4 is 0 Å². The highest BCUT2D eigenvalue weighted by Crippen LogP contribution is 2.08. The van der Waals surface area contributed by atoms with E-state index in [9.17, 15) is 5.11 Å². The van der Waals surface area contributed by atoms with Gasteiger partial charge in [0.2, 0.25) is 0 Å². The number of aliphatic hydroxyl groups excluding tert-OH is 1. The van der Waals surface area contributed by atoms with Crippen molar-refractivity contribution in [3.05, 3.63) is 30.3 Å². The van der Waals surface area contributed by atoms with Crippen molar-refractivity contribution in [2.45, 2.75) is 13.0 Å². The molecule has 0 bridgehead atoms. The number of benzene rings is 1. The van der Waals surface area contributed by atoms with Gasteiger partial charge in [-0.3, -0.25) is 0 Å². The van der Waals surface area contributed by atoms with Crippen molar-refractivity contribution in [1.29, 1.82) is 0 Å². The van der Waals surface area contributed by atoms with Crippen molar-refractivity contribution in [2.75, 3.05) is 19.8 Å². The molecule has 1 rings (SSSR count). The fraction of sp³-hybridized carbons (Fsp3) is 0.455. The van der Waals surface area contributed by atoms with Crippen molar-refractivity contribution in [3.8, 4) is 5.75 Å². The third-order valence-electron chi connectivity index (χ3n) is 1.75. The summed E-state index contributed by atoms with van der Waals surface area (Å²) < 4.78 is 5.35. The Hall–Kier alpha value is -1.10. The van der Waals surface area contributed by atoms with Gasteiger partial charge in [0, 0.05) is 0 Å². The van der Waals surface area contributed by atoms with Crippen LogP contribution in [0.2, 0.25) is 0 Å². The average molecular weight is 211 g/mol. The SMILES string of the molecule is CCONCC(O)COc1ccccc1. The Morgan fingerprint density at radius 2 is 2.07 bits per heavy atom. The molecule has 0 radical (unpaired) electrons. The summed E-state index contributed by atoms with van der Waals surface area (Å²) >= 11 is 0. The number of para-hydroxylation sites is 1. The molecular weight excluding hydrogens is 194 g/mol. The zero-order chi connectivity index (χ0) is 10.9. The standard InChI is InChI=1S/C11H17NO3/c1-2-15-12-8-10(13)9-14-11-6-4-3-5-7-11/h3-7,10,12-13H,2,8-9H2,1H3. The molecule has 4 heteroatoms. The van der Waals surface area contributed by atoms with Crippen LogP contribution in [-0.4, -0.2) is 31.0 Å². The zero-order valence-electron chi connectivity index (χ0n) is 8.85. The van der Waals surface area contributed by atoms with E-state index in [1.165, 1.54) is 0 Å². The third-order valence-corrected chi connectivity index (χ3v) is 1.75. The predicted molar refractivity (Wildman–Crippen MR) is 57.6 cm³/mol. The molecule has 0 aromatic heterocycles. The van der Waals surface area contributed by atoms with Gasteiger partial charge in [0.05, 0.1) is 13.2 Å². The summed E-state index contributed by atoms with van der Waals surface area (Å²) in [4.78, 5) is 4.89. The molecule has 1 atom stereocenters. The van der Waals surface area contributed by atoms with Crippen LogP contribution in [0.1, 0.15) is 6.92 Å². The maximum Gasteiger partial charge on any atom is 0.119 e. The molecule has 15 heavy (non-hydrogen) atoms. The molecule has 0 saturated heterocycles. The Morgan fingerprint density at radius 1 is 1.33 bits per heavy atom. The summed E-state index contributed by atoms with van der Waals surface area (Å²) in [7, 11) is 0. The molecule has 2 N–H and O–H groups in total. The van der Waals surface area contributed by atoms with Crippen molar-refractivity contribution in [3.63, 3.8) is 0 Å². The van der Waals surface area contributed by atoms with E-state index in [4.69, 9.17) is 9.57 Å². The van der Waals surface area contributed by atoms with Crippen LogP contribution in [0.4, 0.5) is 0 Å². The smallest absolute Gasteiger partial charge is 0.119 e. The van der Waals surface area contributed by atoms with Crippen LogP contribution in [-0.2, 0) is 4.84 Å². The van der Waals surface area contributed by atoms with E-state index in [1.54, 1.807) is 0 Å². The van der Waals surface area contributed by atoms with Crippen LogP contribution >= 0.6 is 0 Å². The maximum atomic E-state index is 9.47. The molecule has 0 saturated carbocycles. The predicted octanol–water partition coefficient (Wildman–Crippen LogP) is 0.967. The van der Waals surface area contributed by atoms with E-state index < -0.39 is 6.10 Å². The maximum absolute atomic E-state index is 9.47. The molecule has 4 nitrogen and oxygen atoms in total. The second-order valence-electron chi connectivity index (χ2n) is 3.06. The minimum absolute atomic E-state index is 0.254. The van der Waals surface area contributed by atoms with E-state index in [-0.39, 0.29) is 6.61 Å². The van der Waals surface area contributed by atoms with Crippen LogP contribution in [0.5, 0.6) is 5.75 Å². The number of ether oxygens (including phenoxy) is 1. The van der Waals surface area contributed by atoms with Gasteiger partial charge in [-0.15, -0.1) is 0 Å². The molecule has 0 fully saturated rings. The molecule has 0 aliphatic heterocycles. The molecular formula is C11H17NO3. The van der Waals surface area contributed by atoms with Crippen LogP contribution in [0.3, 0.4) is 0 Å². The van der Waals surface area contributed by atoms with Crippen LogP contribution < -0.4 is 10.2 Å². The zero-order valence-corrected chi connectivity index (χ0v) is 8.85. The largest absolute Gasteiger partial charge is 0.491 e. The van der Waals surface area contributed by atoms with Gasteiger partial charge < -0.3 is 14.7 Å². The van der Waals surface area contributed by atoms with Gasteiger partial charge in [0.15, 0.2) is 0 Å². The van der Waals surface area contributed by atoms with E-state index in [0.717, 1.165) is 5.75 Å². The molecule has 1 unspecified atom stereocenters. The first-order chi connectivity index (χ1) is 7.33. The Kier molecular flexibility index (Phi) is 5.77. The fourth-order valence-corrected chi connectivity index (χ4v) is 1.03. The number of hydroxylamine groups is 1. The van der Waals surface area contributed by atoms with Gasteiger partial charge in [-0.1, -0.05) is 18.2 Å². The molecule has 0 aliphatic carbocycles. The normalized spacial score (nSPS) is 12.4. The fourth-order valence-electron chi connectivity index (χ4n) is 1.03. The van der Waals surface area contributed by atoms with Gasteiger partial charge in [0.25, 0.3) is 0 Å². The van der Waals surface area contributed by atoms with E-state index >= 15 is 0 Å². The van der Waals surface area contributed by atoms with Crippen LogP contribution in [0.15, 0.2) is 30.3 Å². The third kappa shape index (κ3) is 5.37. The molecule has 0 aliphatic rings. The lowest BCUT2D eigenvalue weighted by Gasteiger charge is -2.12. The first kappa shape index (κ1) is 12.0. The second kappa shape index (κ2) is 7.23. The lowest BCUT2D eigenvalue weighted by Crippen LogP contribution is -2.31. The van der Waals surface area contributed by atoms with Crippen molar-refractivity contribution in [2.24, 2.45) is 0 Å². The minimum atomic E-state index is -0.572. The quantitative estimate of drug-likeness (QED) is 0.521. The van der Waals surface area contributed by atoms with Gasteiger partial charge in [0.1, 0.15) is 18.5 Å². The molecule has 1 aromatic carbocycles. The highest BCUT2D eigenvalue weighted by Gasteiger charge is 2.04. The lowest BCUT2D eigenvalue weighted by molar-refractivity contribution is 0.00949. The molecule has 84 valence electrons. The van der Waals surface area contributed by atoms with E-state index in [0.29, 0.717) is 13.2 Å². The molecule has 1 aromatic rings. The Balaban J connectivity index is 2.14. The summed E-state index contributed by atoms with van der Waals surface area (Å²) in [6.45, 7) is 3.07. The number of hydrogen-bond acceptors (Lipinski definition) is 4.